The minimum absolute atomic E-state index is 0.0580. The van der Waals surface area contributed by atoms with Crippen LogP contribution < -0.4 is 0 Å². The largest absolute Gasteiger partial charge is 0.341 e. The summed E-state index contributed by atoms with van der Waals surface area (Å²) < 4.78 is 24.5. The molecule has 5 nitrogen and oxygen atoms in total. The van der Waals surface area contributed by atoms with Crippen molar-refractivity contribution in [1.82, 2.24) is 9.21 Å². The summed E-state index contributed by atoms with van der Waals surface area (Å²) in [6.07, 6.45) is 5.64. The third-order valence-electron chi connectivity index (χ3n) is 4.87. The number of hydrogen-bond acceptors (Lipinski definition) is 3. The summed E-state index contributed by atoms with van der Waals surface area (Å²) in [5.74, 6) is 1.89. The molecule has 3 atom stereocenters. The van der Waals surface area contributed by atoms with Crippen LogP contribution in [0.3, 0.4) is 0 Å². The van der Waals surface area contributed by atoms with Crippen molar-refractivity contribution in [2.45, 2.75) is 31.7 Å². The van der Waals surface area contributed by atoms with Gasteiger partial charge in [-0.05, 0) is 37.5 Å². The molecule has 3 aliphatic rings. The van der Waals surface area contributed by atoms with Gasteiger partial charge in [0.25, 0.3) is 0 Å². The van der Waals surface area contributed by atoms with Crippen molar-refractivity contribution in [3.05, 3.63) is 0 Å². The molecule has 0 aromatic rings. The molecule has 1 heterocycles. The first-order chi connectivity index (χ1) is 8.88. The van der Waals surface area contributed by atoms with Crippen molar-refractivity contribution in [3.63, 3.8) is 0 Å². The monoisotopic (exact) mass is 286 g/mol. The molecule has 2 aliphatic carbocycles. The summed E-state index contributed by atoms with van der Waals surface area (Å²) in [4.78, 5) is 14.2. The molecule has 0 radical (unpaired) electrons. The van der Waals surface area contributed by atoms with Crippen LogP contribution in [0.15, 0.2) is 0 Å². The van der Waals surface area contributed by atoms with E-state index in [0.717, 1.165) is 18.8 Å². The molecule has 0 N–H and O–H groups in total. The molecule has 19 heavy (non-hydrogen) atoms. The molecule has 0 aromatic carbocycles. The van der Waals surface area contributed by atoms with Gasteiger partial charge in [-0.15, -0.1) is 0 Å². The molecule has 0 aromatic heterocycles. The molecular formula is C13H22N2O3S. The molecule has 108 valence electrons. The second-order valence-corrected chi connectivity index (χ2v) is 8.34. The Hall–Kier alpha value is -0.620. The maximum atomic E-state index is 12.3. The topological polar surface area (TPSA) is 57.7 Å². The highest BCUT2D eigenvalue weighted by atomic mass is 32.2. The summed E-state index contributed by atoms with van der Waals surface area (Å²) in [7, 11) is -1.28. The lowest BCUT2D eigenvalue weighted by atomic mass is 10.1. The van der Waals surface area contributed by atoms with Gasteiger partial charge in [-0.3, -0.25) is 4.79 Å². The molecule has 1 aliphatic heterocycles. The van der Waals surface area contributed by atoms with Crippen LogP contribution in [0.5, 0.6) is 0 Å². The van der Waals surface area contributed by atoms with E-state index in [2.05, 4.69) is 0 Å². The first-order valence-electron chi connectivity index (χ1n) is 7.09. The standard InChI is InChI=1S/C13H22N2O3S/c1-14(10-5-6-15(8-10)19(2,17)18)13(16)12-7-11(12)9-3-4-9/h9-12H,3-8H2,1-2H3. The van der Waals surface area contributed by atoms with E-state index in [4.69, 9.17) is 0 Å². The highest BCUT2D eigenvalue weighted by Gasteiger charge is 2.52. The molecular weight excluding hydrogens is 264 g/mol. The number of amides is 1. The van der Waals surface area contributed by atoms with Crippen LogP contribution in [-0.2, 0) is 14.8 Å². The predicted molar refractivity (Wildman–Crippen MR) is 71.9 cm³/mol. The van der Waals surface area contributed by atoms with Crippen LogP contribution in [-0.4, -0.2) is 56.0 Å². The maximum Gasteiger partial charge on any atom is 0.226 e. The second kappa shape index (κ2) is 4.45. The Morgan fingerprint density at radius 1 is 1.26 bits per heavy atom. The van der Waals surface area contributed by atoms with Gasteiger partial charge in [0.05, 0.1) is 6.26 Å². The lowest BCUT2D eigenvalue weighted by molar-refractivity contribution is -0.133. The lowest BCUT2D eigenvalue weighted by Gasteiger charge is -2.25. The minimum atomic E-state index is -3.12. The molecule has 3 fully saturated rings. The number of carbonyl (C=O) groups excluding carboxylic acids is 1. The van der Waals surface area contributed by atoms with Gasteiger partial charge in [0.1, 0.15) is 0 Å². The third-order valence-corrected chi connectivity index (χ3v) is 6.14. The first-order valence-corrected chi connectivity index (χ1v) is 8.94. The van der Waals surface area contributed by atoms with E-state index in [0.29, 0.717) is 19.0 Å². The van der Waals surface area contributed by atoms with Gasteiger partial charge in [0.15, 0.2) is 0 Å². The third kappa shape index (κ3) is 2.65. The smallest absolute Gasteiger partial charge is 0.226 e. The molecule has 1 amide bonds. The molecule has 0 spiro atoms. The van der Waals surface area contributed by atoms with Gasteiger partial charge in [0, 0.05) is 32.1 Å². The number of sulfonamides is 1. The van der Waals surface area contributed by atoms with E-state index in [1.807, 2.05) is 7.05 Å². The molecule has 6 heteroatoms. The number of likely N-dealkylation sites (N-methyl/N-ethyl adjacent to an activating group) is 1. The van der Waals surface area contributed by atoms with Crippen molar-refractivity contribution in [2.24, 2.45) is 17.8 Å². The van der Waals surface area contributed by atoms with Crippen LogP contribution in [0.1, 0.15) is 25.7 Å². The molecule has 0 bridgehead atoms. The van der Waals surface area contributed by atoms with Gasteiger partial charge < -0.3 is 4.90 Å². The second-order valence-electron chi connectivity index (χ2n) is 6.36. The fourth-order valence-electron chi connectivity index (χ4n) is 3.31. The average molecular weight is 286 g/mol. The Kier molecular flexibility index (Phi) is 3.13. The summed E-state index contributed by atoms with van der Waals surface area (Å²) in [6, 6.07) is 0.0580. The number of hydrogen-bond donors (Lipinski definition) is 0. The normalized spacial score (nSPS) is 35.4. The number of nitrogens with zero attached hydrogens (tertiary/aromatic N) is 2. The predicted octanol–water partition coefficient (Wildman–Crippen LogP) is 0.525. The van der Waals surface area contributed by atoms with Crippen LogP contribution in [0.25, 0.3) is 0 Å². The summed E-state index contributed by atoms with van der Waals surface area (Å²) in [5, 5.41) is 0. The van der Waals surface area contributed by atoms with Crippen molar-refractivity contribution in [3.8, 4) is 0 Å². The number of rotatable bonds is 4. The molecule has 3 unspecified atom stereocenters. The Morgan fingerprint density at radius 2 is 1.95 bits per heavy atom. The quantitative estimate of drug-likeness (QED) is 0.757. The zero-order valence-corrected chi connectivity index (χ0v) is 12.4. The van der Waals surface area contributed by atoms with Gasteiger partial charge >= 0.3 is 0 Å². The minimum Gasteiger partial charge on any atom is -0.341 e. The van der Waals surface area contributed by atoms with Crippen LogP contribution in [0.4, 0.5) is 0 Å². The Morgan fingerprint density at radius 3 is 2.47 bits per heavy atom. The van der Waals surface area contributed by atoms with Gasteiger partial charge in [-0.1, -0.05) is 0 Å². The first kappa shape index (κ1) is 13.4. The van der Waals surface area contributed by atoms with Crippen molar-refractivity contribution in [1.29, 1.82) is 0 Å². The van der Waals surface area contributed by atoms with Crippen LogP contribution >= 0.6 is 0 Å². The molecule has 2 saturated carbocycles. The SMILES string of the molecule is CN(C(=O)C1CC1C1CC1)C1CCN(S(C)(=O)=O)C1. The van der Waals surface area contributed by atoms with Crippen LogP contribution in [0, 0.1) is 17.8 Å². The lowest BCUT2D eigenvalue weighted by Crippen LogP contribution is -2.40. The van der Waals surface area contributed by atoms with Crippen molar-refractivity contribution < 1.29 is 13.2 Å². The fourth-order valence-corrected chi connectivity index (χ4v) is 4.19. The summed E-state index contributed by atoms with van der Waals surface area (Å²) >= 11 is 0. The fraction of sp³-hybridized carbons (Fsp3) is 0.923. The van der Waals surface area contributed by atoms with Gasteiger partial charge in [0.2, 0.25) is 15.9 Å². The zero-order valence-electron chi connectivity index (χ0n) is 11.6. The summed E-state index contributed by atoms with van der Waals surface area (Å²) in [6.45, 7) is 1.000. The Labute approximate surface area is 115 Å². The Bertz CT molecular complexity index is 486. The highest BCUT2D eigenvalue weighted by molar-refractivity contribution is 7.88. The van der Waals surface area contributed by atoms with E-state index in [9.17, 15) is 13.2 Å². The molecule has 1 saturated heterocycles. The number of carbonyl (C=O) groups is 1. The van der Waals surface area contributed by atoms with E-state index in [1.165, 1.54) is 23.4 Å². The van der Waals surface area contributed by atoms with Gasteiger partial charge in [-0.2, -0.15) is 0 Å². The zero-order chi connectivity index (χ0) is 13.8. The Balaban J connectivity index is 1.56. The van der Waals surface area contributed by atoms with Crippen molar-refractivity contribution in [2.75, 3.05) is 26.4 Å². The van der Waals surface area contributed by atoms with Gasteiger partial charge in [-0.25, -0.2) is 12.7 Å². The maximum absolute atomic E-state index is 12.3. The molecule has 3 rings (SSSR count). The van der Waals surface area contributed by atoms with E-state index >= 15 is 0 Å². The van der Waals surface area contributed by atoms with Crippen LogP contribution in [0.2, 0.25) is 0 Å². The van der Waals surface area contributed by atoms with E-state index in [-0.39, 0.29) is 17.9 Å². The van der Waals surface area contributed by atoms with E-state index < -0.39 is 10.0 Å². The van der Waals surface area contributed by atoms with E-state index in [1.54, 1.807) is 4.90 Å². The van der Waals surface area contributed by atoms with Crippen molar-refractivity contribution >= 4 is 15.9 Å². The average Bonchev–Trinajstić information content (AvgIpc) is 3.21. The summed E-state index contributed by atoms with van der Waals surface area (Å²) in [5.41, 5.74) is 0. The highest BCUT2D eigenvalue weighted by Crippen LogP contribution is 2.55.